The number of benzene rings is 1. The standard InChI is InChI=1S/C17H12ClN3O2S/c1-9-3-4-11(7-10(9)2)15-19-12(16(22)23-15)8-13-14(18)20-17-21(13)5-6-24-17/h3-8H,1-2H3/b12-8-. The van der Waals surface area contributed by atoms with Crippen LogP contribution in [0.25, 0.3) is 11.0 Å². The summed E-state index contributed by atoms with van der Waals surface area (Å²) in [5, 5.41) is 2.23. The van der Waals surface area contributed by atoms with Crippen molar-refractivity contribution in [1.82, 2.24) is 9.38 Å². The van der Waals surface area contributed by atoms with Crippen LogP contribution in [0.1, 0.15) is 22.4 Å². The van der Waals surface area contributed by atoms with Crippen molar-refractivity contribution in [2.45, 2.75) is 13.8 Å². The summed E-state index contributed by atoms with van der Waals surface area (Å²) in [4.78, 5) is 21.5. The smallest absolute Gasteiger partial charge is 0.363 e. The predicted octanol–water partition coefficient (Wildman–Crippen LogP) is 4.01. The number of carbonyl (C=O) groups is 1. The predicted molar refractivity (Wildman–Crippen MR) is 94.6 cm³/mol. The third kappa shape index (κ3) is 2.44. The van der Waals surface area contributed by atoms with Crippen LogP contribution < -0.4 is 0 Å². The molecule has 0 atom stereocenters. The van der Waals surface area contributed by atoms with Crippen molar-refractivity contribution < 1.29 is 9.53 Å². The molecule has 0 saturated carbocycles. The zero-order chi connectivity index (χ0) is 16.8. The second kappa shape index (κ2) is 5.58. The van der Waals surface area contributed by atoms with Gasteiger partial charge in [0.2, 0.25) is 5.90 Å². The summed E-state index contributed by atoms with van der Waals surface area (Å²) in [6.07, 6.45) is 3.45. The van der Waals surface area contributed by atoms with Crippen molar-refractivity contribution in [3.05, 3.63) is 63.0 Å². The Morgan fingerprint density at radius 3 is 2.92 bits per heavy atom. The van der Waals surface area contributed by atoms with Crippen molar-refractivity contribution in [2.75, 3.05) is 0 Å². The number of hydrogen-bond donors (Lipinski definition) is 0. The molecule has 2 aromatic heterocycles. The number of ether oxygens (including phenoxy) is 1. The van der Waals surface area contributed by atoms with E-state index < -0.39 is 5.97 Å². The lowest BCUT2D eigenvalue weighted by atomic mass is 10.1. The summed E-state index contributed by atoms with van der Waals surface area (Å²) in [6.45, 7) is 4.03. The quantitative estimate of drug-likeness (QED) is 0.514. The molecule has 1 aliphatic rings. The van der Waals surface area contributed by atoms with Gasteiger partial charge in [-0.05, 0) is 43.2 Å². The molecule has 1 aliphatic heterocycles. The maximum absolute atomic E-state index is 12.1. The molecule has 0 amide bonds. The summed E-state index contributed by atoms with van der Waals surface area (Å²) < 4.78 is 7.13. The number of esters is 1. The lowest BCUT2D eigenvalue weighted by molar-refractivity contribution is -0.129. The minimum absolute atomic E-state index is 0.207. The second-order valence-electron chi connectivity index (χ2n) is 5.48. The minimum atomic E-state index is -0.496. The van der Waals surface area contributed by atoms with Crippen LogP contribution in [-0.4, -0.2) is 21.3 Å². The average molecular weight is 358 g/mol. The molecule has 3 heterocycles. The first-order chi connectivity index (χ1) is 11.5. The SMILES string of the molecule is Cc1ccc(C2=N/C(=C\c3c(Cl)nc4sccn34)C(=O)O2)cc1C. The van der Waals surface area contributed by atoms with E-state index in [1.54, 1.807) is 6.08 Å². The number of imidazole rings is 1. The first-order valence-corrected chi connectivity index (χ1v) is 8.50. The van der Waals surface area contributed by atoms with Gasteiger partial charge in [-0.25, -0.2) is 14.8 Å². The molecule has 0 aliphatic carbocycles. The summed E-state index contributed by atoms with van der Waals surface area (Å²) in [7, 11) is 0. The van der Waals surface area contributed by atoms with Crippen LogP contribution in [0.3, 0.4) is 0 Å². The van der Waals surface area contributed by atoms with E-state index in [0.29, 0.717) is 16.7 Å². The molecule has 7 heteroatoms. The summed E-state index contributed by atoms with van der Waals surface area (Å²) in [5.74, 6) is -0.193. The topological polar surface area (TPSA) is 56.0 Å². The Bertz CT molecular complexity index is 1050. The van der Waals surface area contributed by atoms with Crippen LogP contribution in [0.2, 0.25) is 5.15 Å². The van der Waals surface area contributed by atoms with E-state index in [2.05, 4.69) is 9.98 Å². The lowest BCUT2D eigenvalue weighted by Crippen LogP contribution is -2.05. The van der Waals surface area contributed by atoms with Gasteiger partial charge in [0.15, 0.2) is 15.8 Å². The first kappa shape index (κ1) is 15.1. The first-order valence-electron chi connectivity index (χ1n) is 7.24. The van der Waals surface area contributed by atoms with Gasteiger partial charge in [-0.15, -0.1) is 11.3 Å². The second-order valence-corrected chi connectivity index (χ2v) is 6.71. The number of halogens is 1. The van der Waals surface area contributed by atoms with Gasteiger partial charge in [-0.1, -0.05) is 17.7 Å². The summed E-state index contributed by atoms with van der Waals surface area (Å²) in [6, 6.07) is 5.82. The number of aromatic nitrogens is 2. The highest BCUT2D eigenvalue weighted by Gasteiger charge is 2.25. The molecule has 0 unspecified atom stereocenters. The van der Waals surface area contributed by atoms with Gasteiger partial charge in [-0.2, -0.15) is 0 Å². The van der Waals surface area contributed by atoms with Gasteiger partial charge in [0, 0.05) is 17.1 Å². The Kier molecular flexibility index (Phi) is 3.51. The number of cyclic esters (lactones) is 1. The number of aryl methyl sites for hydroxylation is 2. The Labute approximate surface area is 146 Å². The number of aliphatic imine (C=N–C) groups is 1. The number of thiazole rings is 1. The molecule has 5 nitrogen and oxygen atoms in total. The van der Waals surface area contributed by atoms with Crippen LogP contribution in [0, 0.1) is 13.8 Å². The lowest BCUT2D eigenvalue weighted by Gasteiger charge is -2.03. The molecule has 0 fully saturated rings. The molecule has 24 heavy (non-hydrogen) atoms. The van der Waals surface area contributed by atoms with Gasteiger partial charge < -0.3 is 4.74 Å². The zero-order valence-electron chi connectivity index (χ0n) is 12.9. The van der Waals surface area contributed by atoms with Crippen LogP contribution in [0.4, 0.5) is 0 Å². The molecule has 3 aromatic rings. The largest absolute Gasteiger partial charge is 0.402 e. The normalized spacial score (nSPS) is 16.0. The highest BCUT2D eigenvalue weighted by Crippen LogP contribution is 2.26. The van der Waals surface area contributed by atoms with E-state index in [9.17, 15) is 4.79 Å². The summed E-state index contributed by atoms with van der Waals surface area (Å²) in [5.41, 5.74) is 3.88. The maximum Gasteiger partial charge on any atom is 0.363 e. The molecular weight excluding hydrogens is 346 g/mol. The molecule has 0 N–H and O–H groups in total. The van der Waals surface area contributed by atoms with Gasteiger partial charge >= 0.3 is 5.97 Å². The molecular formula is C17H12ClN3O2S. The molecule has 120 valence electrons. The number of hydrogen-bond acceptors (Lipinski definition) is 5. The number of nitrogens with zero attached hydrogens (tertiary/aromatic N) is 3. The van der Waals surface area contributed by atoms with E-state index in [4.69, 9.17) is 16.3 Å². The highest BCUT2D eigenvalue weighted by atomic mass is 35.5. The fraction of sp³-hybridized carbons (Fsp3) is 0.118. The summed E-state index contributed by atoms with van der Waals surface area (Å²) >= 11 is 7.62. The van der Waals surface area contributed by atoms with E-state index in [0.717, 1.165) is 16.1 Å². The van der Waals surface area contributed by atoms with E-state index >= 15 is 0 Å². The van der Waals surface area contributed by atoms with Crippen molar-refractivity contribution in [1.29, 1.82) is 0 Å². The van der Waals surface area contributed by atoms with Crippen LogP contribution >= 0.6 is 22.9 Å². The Morgan fingerprint density at radius 2 is 2.12 bits per heavy atom. The third-order valence-electron chi connectivity index (χ3n) is 3.90. The van der Waals surface area contributed by atoms with Crippen LogP contribution in [0.5, 0.6) is 0 Å². The van der Waals surface area contributed by atoms with Crippen molar-refractivity contribution in [3.63, 3.8) is 0 Å². The monoisotopic (exact) mass is 357 g/mol. The molecule has 0 spiro atoms. The molecule has 0 bridgehead atoms. The van der Waals surface area contributed by atoms with Crippen molar-refractivity contribution in [2.24, 2.45) is 4.99 Å². The third-order valence-corrected chi connectivity index (χ3v) is 4.94. The van der Waals surface area contributed by atoms with Crippen molar-refractivity contribution in [3.8, 4) is 0 Å². The van der Waals surface area contributed by atoms with E-state index in [-0.39, 0.29) is 5.70 Å². The Hall–Kier alpha value is -2.44. The van der Waals surface area contributed by atoms with Crippen LogP contribution in [-0.2, 0) is 9.53 Å². The van der Waals surface area contributed by atoms with Gasteiger partial charge in [0.1, 0.15) is 0 Å². The Morgan fingerprint density at radius 1 is 1.29 bits per heavy atom. The number of carbonyl (C=O) groups excluding carboxylic acids is 1. The Balaban J connectivity index is 1.77. The fourth-order valence-corrected chi connectivity index (χ4v) is 3.44. The minimum Gasteiger partial charge on any atom is -0.402 e. The molecule has 4 rings (SSSR count). The van der Waals surface area contributed by atoms with Gasteiger partial charge in [-0.3, -0.25) is 4.40 Å². The van der Waals surface area contributed by atoms with E-state index in [1.807, 2.05) is 48.0 Å². The number of fused-ring (bicyclic) bond motifs is 1. The number of rotatable bonds is 2. The van der Waals surface area contributed by atoms with Gasteiger partial charge in [0.25, 0.3) is 0 Å². The maximum atomic E-state index is 12.1. The van der Waals surface area contributed by atoms with Gasteiger partial charge in [0.05, 0.1) is 5.69 Å². The molecule has 0 radical (unpaired) electrons. The van der Waals surface area contributed by atoms with Crippen LogP contribution in [0.15, 0.2) is 40.5 Å². The van der Waals surface area contributed by atoms with E-state index in [1.165, 1.54) is 16.9 Å². The average Bonchev–Trinajstić information content (AvgIpc) is 3.20. The zero-order valence-corrected chi connectivity index (χ0v) is 14.5. The van der Waals surface area contributed by atoms with Crippen molar-refractivity contribution >= 4 is 45.8 Å². The molecule has 0 saturated heterocycles. The highest BCUT2D eigenvalue weighted by molar-refractivity contribution is 7.15. The fourth-order valence-electron chi connectivity index (χ4n) is 2.44. The molecule has 1 aromatic carbocycles.